The lowest BCUT2D eigenvalue weighted by Crippen LogP contribution is -2.56. The lowest BCUT2D eigenvalue weighted by Gasteiger charge is -2.62. The Morgan fingerprint density at radius 1 is 1.09 bits per heavy atom. The van der Waals surface area contributed by atoms with Crippen LogP contribution in [0.5, 0.6) is 0 Å². The number of fused-ring (bicyclic) bond motifs is 3. The number of anilines is 1. The fourth-order valence-electron chi connectivity index (χ4n) is 7.24. The molecule has 180 valence electrons. The van der Waals surface area contributed by atoms with Gasteiger partial charge in [-0.1, -0.05) is 34.1 Å². The van der Waals surface area contributed by atoms with Crippen LogP contribution in [0.2, 0.25) is 0 Å². The molecule has 0 amide bonds. The average molecular weight is 457 g/mol. The van der Waals surface area contributed by atoms with Crippen LogP contribution in [0, 0.1) is 48.3 Å². The molecule has 3 saturated carbocycles. The molecular formula is C25H36N4O4. The van der Waals surface area contributed by atoms with Crippen LogP contribution in [-0.4, -0.2) is 15.6 Å². The molecule has 0 aromatic heterocycles. The van der Waals surface area contributed by atoms with E-state index in [2.05, 4.69) is 33.1 Å². The van der Waals surface area contributed by atoms with Crippen LogP contribution >= 0.6 is 0 Å². The third kappa shape index (κ3) is 4.02. The molecule has 0 saturated heterocycles. The summed E-state index contributed by atoms with van der Waals surface area (Å²) in [5.41, 5.74) is 4.33. The maximum Gasteiger partial charge on any atom is 0.301 e. The summed E-state index contributed by atoms with van der Waals surface area (Å²) in [7, 11) is 0. The number of rotatable bonds is 5. The normalized spacial score (nSPS) is 37.2. The highest BCUT2D eigenvalue weighted by atomic mass is 16.6. The third-order valence-electron chi connectivity index (χ3n) is 9.64. The summed E-state index contributed by atoms with van der Waals surface area (Å²) >= 11 is 0. The molecule has 3 fully saturated rings. The van der Waals surface area contributed by atoms with Gasteiger partial charge < -0.3 is 0 Å². The second kappa shape index (κ2) is 8.37. The molecular weight excluding hydrogens is 420 g/mol. The number of non-ortho nitro benzene ring substituents is 1. The van der Waals surface area contributed by atoms with Crippen LogP contribution < -0.4 is 5.43 Å². The van der Waals surface area contributed by atoms with Crippen molar-refractivity contribution < 1.29 is 9.85 Å². The molecule has 0 bridgehead atoms. The van der Waals surface area contributed by atoms with E-state index in [1.54, 1.807) is 0 Å². The van der Waals surface area contributed by atoms with Gasteiger partial charge in [-0.2, -0.15) is 5.10 Å². The topological polar surface area (TPSA) is 111 Å². The number of hydrogen-bond donors (Lipinski definition) is 1. The van der Waals surface area contributed by atoms with Crippen molar-refractivity contribution in [1.82, 2.24) is 0 Å². The minimum absolute atomic E-state index is 0.0218. The van der Waals surface area contributed by atoms with Gasteiger partial charge in [0.2, 0.25) is 0 Å². The number of hydrazone groups is 1. The molecule has 0 spiro atoms. The van der Waals surface area contributed by atoms with E-state index in [-0.39, 0.29) is 22.5 Å². The van der Waals surface area contributed by atoms with E-state index in [1.807, 2.05) is 0 Å². The molecule has 8 nitrogen and oxygen atoms in total. The summed E-state index contributed by atoms with van der Waals surface area (Å²) in [6, 6.07) is 3.65. The predicted molar refractivity (Wildman–Crippen MR) is 129 cm³/mol. The zero-order valence-electron chi connectivity index (χ0n) is 20.2. The Morgan fingerprint density at radius 3 is 2.52 bits per heavy atom. The highest BCUT2D eigenvalue weighted by Gasteiger charge is 2.58. The third-order valence-corrected chi connectivity index (χ3v) is 9.64. The molecule has 5 atom stereocenters. The lowest BCUT2D eigenvalue weighted by molar-refractivity contribution is -0.393. The van der Waals surface area contributed by atoms with Gasteiger partial charge in [-0.15, -0.1) is 0 Å². The quantitative estimate of drug-likeness (QED) is 0.375. The van der Waals surface area contributed by atoms with Gasteiger partial charge in [-0.3, -0.25) is 25.7 Å². The van der Waals surface area contributed by atoms with E-state index in [0.717, 1.165) is 37.0 Å². The Bertz CT molecular complexity index is 995. The van der Waals surface area contributed by atoms with Crippen molar-refractivity contribution in [3.8, 4) is 0 Å². The second-order valence-electron chi connectivity index (χ2n) is 11.4. The van der Waals surface area contributed by atoms with Gasteiger partial charge >= 0.3 is 5.69 Å². The fourth-order valence-corrected chi connectivity index (χ4v) is 7.24. The molecule has 0 unspecified atom stereocenters. The fraction of sp³-hybridized carbons (Fsp3) is 0.720. The Morgan fingerprint density at radius 2 is 1.85 bits per heavy atom. The van der Waals surface area contributed by atoms with Crippen LogP contribution in [0.3, 0.4) is 0 Å². The van der Waals surface area contributed by atoms with Crippen molar-refractivity contribution in [3.05, 3.63) is 38.4 Å². The molecule has 1 N–H and O–H groups in total. The molecule has 33 heavy (non-hydrogen) atoms. The molecule has 4 rings (SSSR count). The molecule has 0 radical (unpaired) electrons. The second-order valence-corrected chi connectivity index (χ2v) is 11.4. The first-order valence-corrected chi connectivity index (χ1v) is 12.3. The number of nitro benzene ring substituents is 2. The first-order valence-electron chi connectivity index (χ1n) is 12.3. The van der Waals surface area contributed by atoms with Crippen LogP contribution in [0.15, 0.2) is 23.3 Å². The van der Waals surface area contributed by atoms with Gasteiger partial charge in [0.15, 0.2) is 0 Å². The van der Waals surface area contributed by atoms with Gasteiger partial charge in [-0.25, -0.2) is 0 Å². The Hall–Kier alpha value is -2.51. The molecule has 3 aliphatic carbocycles. The number of benzene rings is 1. The van der Waals surface area contributed by atoms with Crippen molar-refractivity contribution in [2.45, 2.75) is 85.5 Å². The summed E-state index contributed by atoms with van der Waals surface area (Å²) in [4.78, 5) is 21.3. The van der Waals surface area contributed by atoms with Gasteiger partial charge in [0.05, 0.1) is 15.9 Å². The Labute approximate surface area is 195 Å². The SMILES string of the molecule is CC[C@@]1(C)CC[C@]2(C)[C@H](CC[C@]3(C)/C(=N/Nc4ccc([N+](=O)[O-])cc4[N+](=O)[O-])CCC[C@@H]23)C1. The van der Waals surface area contributed by atoms with Crippen LogP contribution in [0.1, 0.15) is 85.5 Å². The van der Waals surface area contributed by atoms with Crippen molar-refractivity contribution in [2.75, 3.05) is 5.43 Å². The van der Waals surface area contributed by atoms with E-state index >= 15 is 0 Å². The number of hydrogen-bond acceptors (Lipinski definition) is 6. The zero-order valence-corrected chi connectivity index (χ0v) is 20.2. The van der Waals surface area contributed by atoms with Crippen LogP contribution in [0.25, 0.3) is 0 Å². The van der Waals surface area contributed by atoms with Crippen molar-refractivity contribution >= 4 is 22.8 Å². The largest absolute Gasteiger partial charge is 0.301 e. The monoisotopic (exact) mass is 456 g/mol. The highest BCUT2D eigenvalue weighted by Crippen LogP contribution is 2.65. The maximum absolute atomic E-state index is 11.5. The minimum Gasteiger partial charge on any atom is -0.272 e. The van der Waals surface area contributed by atoms with E-state index in [1.165, 1.54) is 50.7 Å². The van der Waals surface area contributed by atoms with Crippen molar-refractivity contribution in [1.29, 1.82) is 0 Å². The number of nitrogens with zero attached hydrogens (tertiary/aromatic N) is 3. The van der Waals surface area contributed by atoms with Gasteiger partial charge in [0.25, 0.3) is 5.69 Å². The summed E-state index contributed by atoms with van der Waals surface area (Å²) in [6.07, 6.45) is 10.6. The minimum atomic E-state index is -0.623. The van der Waals surface area contributed by atoms with E-state index < -0.39 is 9.85 Å². The van der Waals surface area contributed by atoms with Crippen LogP contribution in [0.4, 0.5) is 17.1 Å². The van der Waals surface area contributed by atoms with E-state index in [9.17, 15) is 20.2 Å². The Balaban J connectivity index is 1.61. The smallest absolute Gasteiger partial charge is 0.272 e. The summed E-state index contributed by atoms with van der Waals surface area (Å²) in [6.45, 7) is 9.63. The van der Waals surface area contributed by atoms with Gasteiger partial charge in [0, 0.05) is 17.2 Å². The lowest BCUT2D eigenvalue weighted by atomic mass is 9.42. The molecule has 3 aliphatic rings. The summed E-state index contributed by atoms with van der Waals surface area (Å²) in [5.74, 6) is 1.31. The van der Waals surface area contributed by atoms with Crippen LogP contribution in [-0.2, 0) is 0 Å². The first-order chi connectivity index (χ1) is 15.5. The zero-order chi connectivity index (χ0) is 24.0. The van der Waals surface area contributed by atoms with Crippen molar-refractivity contribution in [3.63, 3.8) is 0 Å². The van der Waals surface area contributed by atoms with E-state index in [0.29, 0.717) is 16.7 Å². The van der Waals surface area contributed by atoms with Gasteiger partial charge in [-0.05, 0) is 80.1 Å². The number of nitrogens with one attached hydrogen (secondary N) is 1. The molecule has 1 aromatic rings. The van der Waals surface area contributed by atoms with Gasteiger partial charge in [0.1, 0.15) is 5.69 Å². The average Bonchev–Trinajstić information content (AvgIpc) is 2.78. The molecule has 0 heterocycles. The standard InChI is InChI=1S/C25H36N4O4/c1-5-23(2)13-14-24(3)17(16-23)11-12-25(4)21(24)7-6-8-22(25)27-26-19-10-9-18(28(30)31)15-20(19)29(32)33/h9-10,15,17,21,26H,5-8,11-14,16H2,1-4H3/b27-22+/t17-,21+,23+,24-,25+/m1/s1. The summed E-state index contributed by atoms with van der Waals surface area (Å²) < 4.78 is 0. The predicted octanol–water partition coefficient (Wildman–Crippen LogP) is 7.09. The van der Waals surface area contributed by atoms with Crippen molar-refractivity contribution in [2.24, 2.45) is 33.2 Å². The number of nitro groups is 2. The molecule has 1 aromatic carbocycles. The Kier molecular flexibility index (Phi) is 5.99. The maximum atomic E-state index is 11.5. The summed E-state index contributed by atoms with van der Waals surface area (Å²) in [5, 5.41) is 27.3. The van der Waals surface area contributed by atoms with E-state index in [4.69, 9.17) is 5.10 Å². The molecule has 8 heteroatoms. The first kappa shape index (κ1) is 23.6. The highest BCUT2D eigenvalue weighted by molar-refractivity contribution is 5.92. The molecule has 0 aliphatic heterocycles.